The summed E-state index contributed by atoms with van der Waals surface area (Å²) in [5, 5.41) is 8.85. The summed E-state index contributed by atoms with van der Waals surface area (Å²) in [6.45, 7) is 1.57. The monoisotopic (exact) mass is 355 g/mol. The van der Waals surface area contributed by atoms with Crippen molar-refractivity contribution in [1.29, 1.82) is 0 Å². The van der Waals surface area contributed by atoms with Gasteiger partial charge in [0.2, 0.25) is 10.0 Å². The van der Waals surface area contributed by atoms with Crippen molar-refractivity contribution in [2.45, 2.75) is 24.3 Å². The molecule has 1 aromatic rings. The van der Waals surface area contributed by atoms with Gasteiger partial charge in [0, 0.05) is 4.47 Å². The van der Waals surface area contributed by atoms with E-state index in [2.05, 4.69) is 20.7 Å². The predicted octanol–water partition coefficient (Wildman–Crippen LogP) is 2.24. The second-order valence-corrected chi connectivity index (χ2v) is 6.50. The molecule has 0 amide bonds. The Morgan fingerprint density at radius 2 is 2.17 bits per heavy atom. The molecule has 18 heavy (non-hydrogen) atoms. The van der Waals surface area contributed by atoms with Crippen LogP contribution >= 0.6 is 27.5 Å². The Labute approximate surface area is 118 Å². The molecular formula is C10H11BrClNO4S. The highest BCUT2D eigenvalue weighted by atomic mass is 79.9. The van der Waals surface area contributed by atoms with E-state index in [0.717, 1.165) is 0 Å². The second kappa shape index (κ2) is 6.01. The number of sulfonamides is 1. The van der Waals surface area contributed by atoms with E-state index in [1.807, 2.05) is 0 Å². The average Bonchev–Trinajstić information content (AvgIpc) is 2.24. The summed E-state index contributed by atoms with van der Waals surface area (Å²) in [5.41, 5.74) is 0. The minimum Gasteiger partial charge on any atom is -0.480 e. The van der Waals surface area contributed by atoms with Crippen molar-refractivity contribution >= 4 is 43.5 Å². The maximum atomic E-state index is 12.0. The maximum absolute atomic E-state index is 12.0. The molecule has 1 aromatic carbocycles. The van der Waals surface area contributed by atoms with Gasteiger partial charge in [0.05, 0.1) is 5.02 Å². The fourth-order valence-corrected chi connectivity index (χ4v) is 3.56. The molecule has 2 N–H and O–H groups in total. The van der Waals surface area contributed by atoms with Crippen LogP contribution in [0.3, 0.4) is 0 Å². The van der Waals surface area contributed by atoms with Crippen molar-refractivity contribution in [3.63, 3.8) is 0 Å². The molecule has 0 saturated carbocycles. The molecule has 0 radical (unpaired) electrons. The Morgan fingerprint density at radius 3 is 2.61 bits per heavy atom. The summed E-state index contributed by atoms with van der Waals surface area (Å²) in [7, 11) is -3.95. The van der Waals surface area contributed by atoms with Gasteiger partial charge in [-0.1, -0.05) is 34.5 Å². The highest BCUT2D eigenvalue weighted by molar-refractivity contribution is 9.10. The quantitative estimate of drug-likeness (QED) is 0.847. The number of benzene rings is 1. The number of halogens is 2. The van der Waals surface area contributed by atoms with Crippen molar-refractivity contribution in [2.24, 2.45) is 0 Å². The summed E-state index contributed by atoms with van der Waals surface area (Å²) >= 11 is 8.98. The fraction of sp³-hybridized carbons (Fsp3) is 0.300. The lowest BCUT2D eigenvalue weighted by atomic mass is 10.2. The molecule has 0 aromatic heterocycles. The van der Waals surface area contributed by atoms with Crippen molar-refractivity contribution < 1.29 is 18.3 Å². The van der Waals surface area contributed by atoms with Crippen molar-refractivity contribution in [2.75, 3.05) is 0 Å². The van der Waals surface area contributed by atoms with Gasteiger partial charge in [0.25, 0.3) is 0 Å². The predicted molar refractivity (Wildman–Crippen MR) is 71.2 cm³/mol. The fourth-order valence-electron chi connectivity index (χ4n) is 1.25. The van der Waals surface area contributed by atoms with Gasteiger partial charge >= 0.3 is 5.97 Å². The van der Waals surface area contributed by atoms with E-state index in [1.54, 1.807) is 6.92 Å². The molecule has 8 heteroatoms. The Bertz CT molecular complexity index is 561. The minimum absolute atomic E-state index is 0.0251. The SMILES string of the molecule is CCC(NS(=O)(=O)c1ccc(Br)cc1Cl)C(=O)O. The van der Waals surface area contributed by atoms with Crippen LogP contribution in [-0.4, -0.2) is 25.5 Å². The van der Waals surface area contributed by atoms with Gasteiger partial charge in [0.1, 0.15) is 10.9 Å². The Balaban J connectivity index is 3.10. The molecular weight excluding hydrogens is 346 g/mol. The second-order valence-electron chi connectivity index (χ2n) is 3.50. The van der Waals surface area contributed by atoms with E-state index in [1.165, 1.54) is 18.2 Å². The zero-order valence-corrected chi connectivity index (χ0v) is 12.5. The molecule has 0 aliphatic rings. The number of carboxylic acid groups (broad SMARTS) is 1. The van der Waals surface area contributed by atoms with Gasteiger partial charge in [-0.05, 0) is 24.6 Å². The van der Waals surface area contributed by atoms with Crippen LogP contribution in [0.15, 0.2) is 27.6 Å². The summed E-state index contributed by atoms with van der Waals surface area (Å²) in [5.74, 6) is -1.23. The summed E-state index contributed by atoms with van der Waals surface area (Å²) in [4.78, 5) is 10.7. The van der Waals surface area contributed by atoms with Gasteiger partial charge < -0.3 is 5.11 Å². The lowest BCUT2D eigenvalue weighted by molar-refractivity contribution is -0.139. The zero-order chi connectivity index (χ0) is 13.9. The first-order chi connectivity index (χ1) is 8.27. The molecule has 0 aliphatic carbocycles. The molecule has 0 heterocycles. The molecule has 1 rings (SSSR count). The van der Waals surface area contributed by atoms with E-state index in [-0.39, 0.29) is 16.3 Å². The van der Waals surface area contributed by atoms with Crippen LogP contribution in [0, 0.1) is 0 Å². The molecule has 0 saturated heterocycles. The number of hydrogen-bond acceptors (Lipinski definition) is 3. The number of carboxylic acids is 1. The molecule has 0 fully saturated rings. The molecule has 100 valence electrons. The molecule has 1 atom stereocenters. The summed E-state index contributed by atoms with van der Waals surface area (Å²) in [6.07, 6.45) is 0.142. The van der Waals surface area contributed by atoms with Crippen LogP contribution in [0.25, 0.3) is 0 Å². The minimum atomic E-state index is -3.95. The van der Waals surface area contributed by atoms with Gasteiger partial charge in [-0.2, -0.15) is 4.72 Å². The zero-order valence-electron chi connectivity index (χ0n) is 9.35. The molecule has 5 nitrogen and oxygen atoms in total. The number of nitrogens with one attached hydrogen (secondary N) is 1. The van der Waals surface area contributed by atoms with E-state index in [4.69, 9.17) is 16.7 Å². The lowest BCUT2D eigenvalue weighted by Crippen LogP contribution is -2.40. The highest BCUT2D eigenvalue weighted by Gasteiger charge is 2.25. The molecule has 0 spiro atoms. The van der Waals surface area contributed by atoms with E-state index in [9.17, 15) is 13.2 Å². The summed E-state index contributed by atoms with van der Waals surface area (Å²) in [6, 6.07) is 3.08. The number of aliphatic carboxylic acids is 1. The van der Waals surface area contributed by atoms with Crippen molar-refractivity contribution in [3.8, 4) is 0 Å². The first-order valence-corrected chi connectivity index (χ1v) is 7.63. The van der Waals surface area contributed by atoms with Crippen LogP contribution in [0.5, 0.6) is 0 Å². The third kappa shape index (κ3) is 3.68. The molecule has 0 bridgehead atoms. The largest absolute Gasteiger partial charge is 0.480 e. The van der Waals surface area contributed by atoms with Gasteiger partial charge in [0.15, 0.2) is 0 Å². The van der Waals surface area contributed by atoms with Crippen molar-refractivity contribution in [1.82, 2.24) is 4.72 Å². The topological polar surface area (TPSA) is 83.5 Å². The standard InChI is InChI=1S/C10H11BrClNO4S/c1-2-8(10(14)15)13-18(16,17)9-4-3-6(11)5-7(9)12/h3-5,8,13H,2H2,1H3,(H,14,15). The first kappa shape index (κ1) is 15.4. The first-order valence-electron chi connectivity index (χ1n) is 4.98. The van der Waals surface area contributed by atoms with Gasteiger partial charge in [-0.15, -0.1) is 0 Å². The van der Waals surface area contributed by atoms with E-state index in [0.29, 0.717) is 4.47 Å². The molecule has 0 aliphatic heterocycles. The van der Waals surface area contributed by atoms with Crippen molar-refractivity contribution in [3.05, 3.63) is 27.7 Å². The van der Waals surface area contributed by atoms with E-state index >= 15 is 0 Å². The third-order valence-electron chi connectivity index (χ3n) is 2.19. The number of carbonyl (C=O) groups is 1. The summed E-state index contributed by atoms with van der Waals surface area (Å²) < 4.78 is 26.7. The Kier molecular flexibility index (Phi) is 5.15. The van der Waals surface area contributed by atoms with Gasteiger partial charge in [-0.3, -0.25) is 4.79 Å². The van der Waals surface area contributed by atoms with E-state index < -0.39 is 22.0 Å². The van der Waals surface area contributed by atoms with Crippen LogP contribution in [0.2, 0.25) is 5.02 Å². The average molecular weight is 357 g/mol. The number of hydrogen-bond donors (Lipinski definition) is 2. The molecule has 1 unspecified atom stereocenters. The van der Waals surface area contributed by atoms with Crippen LogP contribution in [-0.2, 0) is 14.8 Å². The smallest absolute Gasteiger partial charge is 0.321 e. The third-order valence-corrected chi connectivity index (χ3v) is 4.64. The number of rotatable bonds is 5. The van der Waals surface area contributed by atoms with Crippen LogP contribution in [0.4, 0.5) is 0 Å². The Morgan fingerprint density at radius 1 is 1.56 bits per heavy atom. The highest BCUT2D eigenvalue weighted by Crippen LogP contribution is 2.25. The van der Waals surface area contributed by atoms with Gasteiger partial charge in [-0.25, -0.2) is 8.42 Å². The Hall–Kier alpha value is -0.630. The maximum Gasteiger partial charge on any atom is 0.321 e. The van der Waals surface area contributed by atoms with Crippen LogP contribution in [0.1, 0.15) is 13.3 Å². The normalized spacial score (nSPS) is 13.3. The lowest BCUT2D eigenvalue weighted by Gasteiger charge is -2.13. The van der Waals surface area contributed by atoms with Crippen LogP contribution < -0.4 is 4.72 Å².